The summed E-state index contributed by atoms with van der Waals surface area (Å²) >= 11 is 5.96. The second-order valence-electron chi connectivity index (χ2n) is 7.14. The van der Waals surface area contributed by atoms with Gasteiger partial charge in [-0.2, -0.15) is 0 Å². The van der Waals surface area contributed by atoms with Crippen LogP contribution in [0, 0.1) is 5.92 Å². The number of rotatable bonds is 6. The van der Waals surface area contributed by atoms with Crippen molar-refractivity contribution < 1.29 is 34.6 Å². The summed E-state index contributed by atoms with van der Waals surface area (Å²) < 4.78 is 8.05. The fourth-order valence-corrected chi connectivity index (χ4v) is 5.23. The molecule has 2 aromatic rings. The van der Waals surface area contributed by atoms with E-state index in [-0.39, 0.29) is 12.5 Å². The van der Waals surface area contributed by atoms with Crippen molar-refractivity contribution >= 4 is 28.4 Å². The van der Waals surface area contributed by atoms with E-state index in [1.165, 1.54) is 0 Å². The standard InChI is InChI=1S/C19H25ClIN2O3/c1-13-5-4-8-19(25,9-13)11-22-18(24)14-10-23(12-21-26-2)16-7-3-6-15(20)17(14)16/h3,6-7,10,13,25H,4-5,8-9,11-12H2,1-2H3,(H,22,24)/q-1/t13?,19-/m1/s1. The molecule has 1 aromatic heterocycles. The van der Waals surface area contributed by atoms with Crippen molar-refractivity contribution in [3.05, 3.63) is 35.0 Å². The van der Waals surface area contributed by atoms with Crippen molar-refractivity contribution in [2.45, 2.75) is 42.8 Å². The van der Waals surface area contributed by atoms with Crippen molar-refractivity contribution in [3.63, 3.8) is 0 Å². The van der Waals surface area contributed by atoms with Crippen molar-refractivity contribution in [1.29, 1.82) is 0 Å². The van der Waals surface area contributed by atoms with Gasteiger partial charge in [0.1, 0.15) is 0 Å². The normalized spacial score (nSPS) is 23.5. The zero-order valence-electron chi connectivity index (χ0n) is 15.1. The predicted molar refractivity (Wildman–Crippen MR) is 98.9 cm³/mol. The first kappa shape index (κ1) is 19.9. The SMILES string of the molecule is CO[I-]Cn1cc(C(=O)NC[C@@]2(O)CCCC(C)C2)c2c(Cl)cccc21. The monoisotopic (exact) mass is 491 g/mol. The molecule has 0 saturated heterocycles. The minimum absolute atomic E-state index is 0.191. The third kappa shape index (κ3) is 4.35. The summed E-state index contributed by atoms with van der Waals surface area (Å²) in [5.74, 6) is 0.295. The molecule has 0 aliphatic heterocycles. The summed E-state index contributed by atoms with van der Waals surface area (Å²) in [6.07, 6.45) is 5.45. The second-order valence-corrected chi connectivity index (χ2v) is 9.73. The summed E-state index contributed by atoms with van der Waals surface area (Å²) in [6, 6.07) is 5.65. The van der Waals surface area contributed by atoms with Gasteiger partial charge in [0.15, 0.2) is 0 Å². The van der Waals surface area contributed by atoms with E-state index in [0.29, 0.717) is 16.5 Å². The van der Waals surface area contributed by atoms with Gasteiger partial charge in [-0.15, -0.1) is 0 Å². The minimum atomic E-state index is -0.809. The molecule has 1 fully saturated rings. The van der Waals surface area contributed by atoms with E-state index < -0.39 is 27.2 Å². The molecule has 3 rings (SSSR count). The van der Waals surface area contributed by atoms with Gasteiger partial charge in [0.25, 0.3) is 0 Å². The van der Waals surface area contributed by atoms with Crippen LogP contribution in [0.1, 0.15) is 43.0 Å². The van der Waals surface area contributed by atoms with E-state index in [2.05, 4.69) is 12.2 Å². The Balaban J connectivity index is 1.81. The van der Waals surface area contributed by atoms with Crippen molar-refractivity contribution in [2.24, 2.45) is 5.92 Å². The van der Waals surface area contributed by atoms with Crippen molar-refractivity contribution in [2.75, 3.05) is 13.7 Å². The Morgan fingerprint density at radius 2 is 2.35 bits per heavy atom. The summed E-state index contributed by atoms with van der Waals surface area (Å²) in [7, 11) is 1.70. The average Bonchev–Trinajstić information content (AvgIpc) is 2.98. The number of hydrogen-bond acceptors (Lipinski definition) is 3. The third-order valence-corrected chi connectivity index (χ3v) is 6.98. The second kappa shape index (κ2) is 8.46. The zero-order chi connectivity index (χ0) is 18.7. The summed E-state index contributed by atoms with van der Waals surface area (Å²) in [6.45, 7) is 2.43. The van der Waals surface area contributed by atoms with Crippen LogP contribution in [0.3, 0.4) is 0 Å². The fraction of sp³-hybridized carbons (Fsp3) is 0.526. The first-order chi connectivity index (χ1) is 12.4. The molecule has 2 atom stereocenters. The van der Waals surface area contributed by atoms with E-state index in [1.54, 1.807) is 13.2 Å². The van der Waals surface area contributed by atoms with Gasteiger partial charge >= 0.3 is 170 Å². The molecule has 1 aliphatic rings. The van der Waals surface area contributed by atoms with Crippen molar-refractivity contribution in [1.82, 2.24) is 9.88 Å². The maximum absolute atomic E-state index is 12.8. The number of carbonyl (C=O) groups is 1. The number of amides is 1. The average molecular weight is 492 g/mol. The molecular weight excluding hydrogens is 467 g/mol. The molecule has 1 saturated carbocycles. The molecule has 1 unspecified atom stereocenters. The Morgan fingerprint density at radius 1 is 1.54 bits per heavy atom. The number of carbonyl (C=O) groups excluding carboxylic acids is 1. The molecule has 0 bridgehead atoms. The summed E-state index contributed by atoms with van der Waals surface area (Å²) in [4.78, 5) is 12.8. The van der Waals surface area contributed by atoms with Crippen LogP contribution in [-0.2, 0) is 7.62 Å². The van der Waals surface area contributed by atoms with Gasteiger partial charge in [0.2, 0.25) is 0 Å². The van der Waals surface area contributed by atoms with Crippen LogP contribution in [0.5, 0.6) is 0 Å². The van der Waals surface area contributed by atoms with E-state index in [0.717, 1.165) is 41.1 Å². The van der Waals surface area contributed by atoms with Crippen LogP contribution in [0.25, 0.3) is 10.9 Å². The number of fused-ring (bicyclic) bond motifs is 1. The van der Waals surface area contributed by atoms with Gasteiger partial charge in [-0.3, -0.25) is 0 Å². The van der Waals surface area contributed by atoms with Gasteiger partial charge in [-0.1, -0.05) is 0 Å². The number of aromatic nitrogens is 1. The fourth-order valence-electron chi connectivity index (χ4n) is 3.81. The molecule has 1 aliphatic carbocycles. The van der Waals surface area contributed by atoms with Crippen LogP contribution in [0.2, 0.25) is 5.02 Å². The summed E-state index contributed by atoms with van der Waals surface area (Å²) in [5.41, 5.74) is 0.680. The topological polar surface area (TPSA) is 63.5 Å². The number of alkyl halides is 1. The summed E-state index contributed by atoms with van der Waals surface area (Å²) in [5, 5.41) is 15.0. The van der Waals surface area contributed by atoms with Crippen LogP contribution in [-0.4, -0.2) is 34.8 Å². The number of aliphatic hydroxyl groups is 1. The molecule has 1 heterocycles. The van der Waals surface area contributed by atoms with E-state index in [1.807, 2.05) is 22.9 Å². The van der Waals surface area contributed by atoms with Crippen LogP contribution >= 0.6 is 11.6 Å². The maximum atomic E-state index is 12.8. The number of hydrogen-bond donors (Lipinski definition) is 2. The van der Waals surface area contributed by atoms with E-state index in [4.69, 9.17) is 14.7 Å². The molecule has 1 amide bonds. The molecule has 0 spiro atoms. The molecule has 2 N–H and O–H groups in total. The van der Waals surface area contributed by atoms with Gasteiger partial charge in [0, 0.05) is 0 Å². The Morgan fingerprint density at radius 3 is 3.08 bits per heavy atom. The molecule has 144 valence electrons. The van der Waals surface area contributed by atoms with Crippen molar-refractivity contribution in [3.8, 4) is 0 Å². The van der Waals surface area contributed by atoms with Gasteiger partial charge in [0.05, 0.1) is 0 Å². The van der Waals surface area contributed by atoms with Crippen LogP contribution in [0.4, 0.5) is 0 Å². The van der Waals surface area contributed by atoms with Gasteiger partial charge < -0.3 is 0 Å². The quantitative estimate of drug-likeness (QED) is 0.459. The molecule has 26 heavy (non-hydrogen) atoms. The van der Waals surface area contributed by atoms with E-state index in [9.17, 15) is 9.90 Å². The first-order valence-electron chi connectivity index (χ1n) is 8.84. The van der Waals surface area contributed by atoms with E-state index >= 15 is 0 Å². The zero-order valence-corrected chi connectivity index (χ0v) is 18.0. The number of halogens is 2. The Labute approximate surface area is 169 Å². The Hall–Kier alpha value is -0.830. The molecule has 5 nitrogen and oxygen atoms in total. The molecule has 1 aromatic carbocycles. The number of nitrogens with zero attached hydrogens (tertiary/aromatic N) is 1. The third-order valence-electron chi connectivity index (χ3n) is 5.03. The Bertz CT molecular complexity index is 794. The molecule has 7 heteroatoms. The molecular formula is C19H25ClIN2O3-. The first-order valence-corrected chi connectivity index (χ1v) is 11.6. The predicted octanol–water partition coefficient (Wildman–Crippen LogP) is 0.574. The molecule has 0 radical (unpaired) electrons. The van der Waals surface area contributed by atoms with Crippen LogP contribution in [0.15, 0.2) is 24.4 Å². The Kier molecular flexibility index (Phi) is 6.48. The van der Waals surface area contributed by atoms with Gasteiger partial charge in [-0.25, -0.2) is 0 Å². The van der Waals surface area contributed by atoms with Gasteiger partial charge in [-0.05, 0) is 0 Å². The number of benzene rings is 1. The number of nitrogens with one attached hydrogen (secondary N) is 1. The van der Waals surface area contributed by atoms with Crippen LogP contribution < -0.4 is 26.9 Å².